The van der Waals surface area contributed by atoms with Crippen molar-refractivity contribution in [2.45, 2.75) is 0 Å². The number of nitrogens with zero attached hydrogens (tertiary/aromatic N) is 2. The molecule has 0 spiro atoms. The van der Waals surface area contributed by atoms with Crippen molar-refractivity contribution in [1.29, 1.82) is 5.26 Å². The Morgan fingerprint density at radius 2 is 2.00 bits per heavy atom. The Kier molecular flexibility index (Phi) is 2.83. The molecule has 0 aliphatic carbocycles. The number of aromatic amines is 1. The maximum atomic E-state index is 8.86. The molecule has 0 saturated carbocycles. The second-order valence-electron chi connectivity index (χ2n) is 4.17. The van der Waals surface area contributed by atoms with Crippen molar-refractivity contribution in [2.75, 3.05) is 0 Å². The largest absolute Gasteiger partial charge is 0.361 e. The number of hydrogen-bond acceptors (Lipinski definition) is 2. The summed E-state index contributed by atoms with van der Waals surface area (Å²) in [4.78, 5) is 7.58. The van der Waals surface area contributed by atoms with E-state index < -0.39 is 0 Å². The number of rotatable bonds is 2. The Balaban J connectivity index is 2.15. The van der Waals surface area contributed by atoms with Crippen molar-refractivity contribution in [3.63, 3.8) is 0 Å². The van der Waals surface area contributed by atoms with Gasteiger partial charge in [0.15, 0.2) is 0 Å². The highest BCUT2D eigenvalue weighted by atomic mass is 14.8. The maximum absolute atomic E-state index is 8.86. The summed E-state index contributed by atoms with van der Waals surface area (Å²) in [6, 6.07) is 13.6. The number of H-pyrrole nitrogens is 1. The lowest BCUT2D eigenvalue weighted by atomic mass is 9.99. The minimum atomic E-state index is 0.657. The van der Waals surface area contributed by atoms with E-state index in [2.05, 4.69) is 16.0 Å². The van der Waals surface area contributed by atoms with Gasteiger partial charge in [0.2, 0.25) is 0 Å². The highest BCUT2D eigenvalue weighted by molar-refractivity contribution is 5.88. The second kappa shape index (κ2) is 4.79. The molecule has 0 fully saturated rings. The van der Waals surface area contributed by atoms with E-state index >= 15 is 0 Å². The molecule has 1 aromatic carbocycles. The Morgan fingerprint density at radius 3 is 2.58 bits per heavy atom. The number of aliphatic imine (C=N–C) groups is 1. The molecule has 0 unspecified atom stereocenters. The standard InChI is InChI=1S/C16H11N3/c17-11-12-5-7-13(8-6-12)16(14-3-1-9-18-14)15-4-2-10-19-15/h1-10,18H. The van der Waals surface area contributed by atoms with Gasteiger partial charge in [0.25, 0.3) is 0 Å². The Hall–Kier alpha value is -2.86. The first-order valence-corrected chi connectivity index (χ1v) is 5.98. The first kappa shape index (κ1) is 11.2. The van der Waals surface area contributed by atoms with Crippen molar-refractivity contribution in [1.82, 2.24) is 4.98 Å². The third-order valence-electron chi connectivity index (χ3n) is 2.98. The van der Waals surface area contributed by atoms with E-state index in [0.717, 1.165) is 22.5 Å². The van der Waals surface area contributed by atoms with E-state index in [9.17, 15) is 0 Å². The van der Waals surface area contributed by atoms with Crippen LogP contribution in [0.5, 0.6) is 0 Å². The zero-order chi connectivity index (χ0) is 13.1. The number of hydrogen-bond donors (Lipinski definition) is 1. The predicted octanol–water partition coefficient (Wildman–Crippen LogP) is 3.29. The number of benzene rings is 1. The normalized spacial score (nSPS) is 15.5. The van der Waals surface area contributed by atoms with Crippen LogP contribution in [0.4, 0.5) is 0 Å². The zero-order valence-electron chi connectivity index (χ0n) is 10.2. The summed E-state index contributed by atoms with van der Waals surface area (Å²) in [7, 11) is 0. The van der Waals surface area contributed by atoms with Crippen molar-refractivity contribution in [3.8, 4) is 6.07 Å². The van der Waals surface area contributed by atoms with Gasteiger partial charge >= 0.3 is 0 Å². The van der Waals surface area contributed by atoms with Crippen LogP contribution in [0.25, 0.3) is 5.57 Å². The lowest BCUT2D eigenvalue weighted by molar-refractivity contribution is 1.32. The van der Waals surface area contributed by atoms with Crippen LogP contribution in [0.1, 0.15) is 16.8 Å². The van der Waals surface area contributed by atoms with E-state index in [4.69, 9.17) is 5.26 Å². The molecule has 90 valence electrons. The lowest BCUT2D eigenvalue weighted by Crippen LogP contribution is -1.92. The van der Waals surface area contributed by atoms with Gasteiger partial charge in [-0.2, -0.15) is 5.26 Å². The minimum absolute atomic E-state index is 0.657. The molecule has 3 nitrogen and oxygen atoms in total. The molecule has 19 heavy (non-hydrogen) atoms. The predicted molar refractivity (Wildman–Crippen MR) is 75.6 cm³/mol. The van der Waals surface area contributed by atoms with Gasteiger partial charge < -0.3 is 4.98 Å². The van der Waals surface area contributed by atoms with E-state index in [1.165, 1.54) is 0 Å². The van der Waals surface area contributed by atoms with E-state index in [1.807, 2.05) is 54.7 Å². The number of nitrogens with one attached hydrogen (secondary N) is 1. The quantitative estimate of drug-likeness (QED) is 0.867. The lowest BCUT2D eigenvalue weighted by Gasteiger charge is -2.08. The highest BCUT2D eigenvalue weighted by Gasteiger charge is 2.12. The fraction of sp³-hybridized carbons (Fsp3) is 0. The molecule has 0 amide bonds. The van der Waals surface area contributed by atoms with E-state index in [1.54, 1.807) is 6.21 Å². The molecular formula is C16H11N3. The van der Waals surface area contributed by atoms with Crippen LogP contribution in [0, 0.1) is 11.3 Å². The average molecular weight is 245 g/mol. The van der Waals surface area contributed by atoms with Gasteiger partial charge in [-0.25, -0.2) is 0 Å². The van der Waals surface area contributed by atoms with Gasteiger partial charge in [0.1, 0.15) is 0 Å². The van der Waals surface area contributed by atoms with Crippen LogP contribution < -0.4 is 0 Å². The van der Waals surface area contributed by atoms with Crippen molar-refractivity contribution in [3.05, 3.63) is 77.3 Å². The maximum Gasteiger partial charge on any atom is 0.0991 e. The summed E-state index contributed by atoms with van der Waals surface area (Å²) < 4.78 is 0. The molecule has 0 bridgehead atoms. The smallest absolute Gasteiger partial charge is 0.0991 e. The monoisotopic (exact) mass is 245 g/mol. The summed E-state index contributed by atoms with van der Waals surface area (Å²) >= 11 is 0. The van der Waals surface area contributed by atoms with Crippen molar-refractivity contribution < 1.29 is 0 Å². The fourth-order valence-electron chi connectivity index (χ4n) is 2.09. The first-order chi connectivity index (χ1) is 9.38. The number of nitriles is 1. The molecule has 3 rings (SSSR count). The van der Waals surface area contributed by atoms with Gasteiger partial charge in [-0.15, -0.1) is 0 Å². The van der Waals surface area contributed by atoms with Crippen LogP contribution in [0.3, 0.4) is 0 Å². The van der Waals surface area contributed by atoms with Crippen LogP contribution >= 0.6 is 0 Å². The summed E-state index contributed by atoms with van der Waals surface area (Å²) in [5.41, 5.74) is 4.68. The van der Waals surface area contributed by atoms with E-state index in [0.29, 0.717) is 5.56 Å². The summed E-state index contributed by atoms with van der Waals surface area (Å²) in [5, 5.41) is 8.86. The molecular weight excluding hydrogens is 234 g/mol. The molecule has 1 aliphatic heterocycles. The zero-order valence-corrected chi connectivity index (χ0v) is 10.2. The molecule has 0 radical (unpaired) electrons. The SMILES string of the molecule is N#Cc1ccc(C(=C2C=CC=N2)c2ccc[nH]2)cc1. The first-order valence-electron chi connectivity index (χ1n) is 5.98. The third-order valence-corrected chi connectivity index (χ3v) is 2.98. The summed E-state index contributed by atoms with van der Waals surface area (Å²) in [5.74, 6) is 0. The van der Waals surface area contributed by atoms with Crippen molar-refractivity contribution in [2.24, 2.45) is 4.99 Å². The van der Waals surface area contributed by atoms with Gasteiger partial charge in [0, 0.05) is 23.7 Å². The summed E-state index contributed by atoms with van der Waals surface area (Å²) in [6.07, 6.45) is 7.57. The molecule has 2 heterocycles. The van der Waals surface area contributed by atoms with Crippen LogP contribution in [-0.2, 0) is 0 Å². The van der Waals surface area contributed by atoms with Crippen LogP contribution in [-0.4, -0.2) is 11.2 Å². The molecule has 0 atom stereocenters. The van der Waals surface area contributed by atoms with Gasteiger partial charge in [0.05, 0.1) is 17.3 Å². The average Bonchev–Trinajstić information content (AvgIpc) is 3.13. The van der Waals surface area contributed by atoms with Gasteiger partial charge in [-0.3, -0.25) is 4.99 Å². The fourth-order valence-corrected chi connectivity index (χ4v) is 2.09. The van der Waals surface area contributed by atoms with E-state index in [-0.39, 0.29) is 0 Å². The second-order valence-corrected chi connectivity index (χ2v) is 4.17. The van der Waals surface area contributed by atoms with Crippen LogP contribution in [0.2, 0.25) is 0 Å². The van der Waals surface area contributed by atoms with Gasteiger partial charge in [-0.1, -0.05) is 12.1 Å². The molecule has 1 N–H and O–H groups in total. The Labute approximate surface area is 111 Å². The van der Waals surface area contributed by atoms with Crippen molar-refractivity contribution >= 4 is 11.8 Å². The third kappa shape index (κ3) is 2.12. The number of aromatic nitrogens is 1. The summed E-state index contributed by atoms with van der Waals surface area (Å²) in [6.45, 7) is 0. The molecule has 1 aromatic heterocycles. The Bertz CT molecular complexity index is 694. The molecule has 3 heteroatoms. The van der Waals surface area contributed by atoms with Gasteiger partial charge in [-0.05, 0) is 42.0 Å². The number of allylic oxidation sites excluding steroid dienone is 2. The molecule has 2 aromatic rings. The molecule has 0 saturated heterocycles. The molecule has 1 aliphatic rings. The van der Waals surface area contributed by atoms with Crippen LogP contribution in [0.15, 0.2) is 65.4 Å². The highest BCUT2D eigenvalue weighted by Crippen LogP contribution is 2.28. The minimum Gasteiger partial charge on any atom is -0.361 e. The topological polar surface area (TPSA) is 51.9 Å². The Morgan fingerprint density at radius 1 is 1.16 bits per heavy atom.